The van der Waals surface area contributed by atoms with Gasteiger partial charge in [-0.2, -0.15) is 8.62 Å². The standard InChI is InChI=1S/C10H21N4O14P3/c15-6-4(1-25-30(21,22)28-31(23,24)27-29(18,19)20)26-10(7(6)16)14-3-13-5-8(14)11-2-12-9(5)17/h4-8,10-11,13,15-16H,1-3H2,(H,12,17)(H,21,22)(H,23,24)(H2,18,19,20). The molecule has 3 aliphatic rings. The highest BCUT2D eigenvalue weighted by Crippen LogP contribution is 2.66. The number of carbonyl (C=O) groups is 1. The van der Waals surface area contributed by atoms with Crippen molar-refractivity contribution in [1.29, 1.82) is 0 Å². The third kappa shape index (κ3) is 6.16. The average molecular weight is 514 g/mol. The van der Waals surface area contributed by atoms with Crippen molar-refractivity contribution in [3.8, 4) is 0 Å². The number of phosphoric ester groups is 1. The van der Waals surface area contributed by atoms with Crippen LogP contribution in [-0.2, 0) is 36.4 Å². The Labute approximate surface area is 173 Å². The van der Waals surface area contributed by atoms with Gasteiger partial charge in [0.1, 0.15) is 30.6 Å². The number of fused-ring (bicyclic) bond motifs is 1. The van der Waals surface area contributed by atoms with Crippen molar-refractivity contribution in [3.63, 3.8) is 0 Å². The molecular formula is C10H21N4O14P3. The number of amides is 1. The van der Waals surface area contributed by atoms with Crippen LogP contribution in [0, 0.1) is 0 Å². The van der Waals surface area contributed by atoms with Crippen LogP contribution in [0.4, 0.5) is 0 Å². The predicted octanol–water partition coefficient (Wildman–Crippen LogP) is -3.99. The Kier molecular flexibility index (Phi) is 7.43. The maximum atomic E-state index is 11.9. The van der Waals surface area contributed by atoms with E-state index in [1.807, 2.05) is 0 Å². The van der Waals surface area contributed by atoms with Gasteiger partial charge in [0.25, 0.3) is 0 Å². The van der Waals surface area contributed by atoms with Gasteiger partial charge in [0.15, 0.2) is 0 Å². The fourth-order valence-electron chi connectivity index (χ4n) is 3.29. The van der Waals surface area contributed by atoms with E-state index in [2.05, 4.69) is 29.1 Å². The first kappa shape index (κ1) is 25.3. The van der Waals surface area contributed by atoms with Crippen LogP contribution >= 0.6 is 23.5 Å². The molecule has 8 unspecified atom stereocenters. The van der Waals surface area contributed by atoms with Gasteiger partial charge in [0.05, 0.1) is 26.1 Å². The maximum absolute atomic E-state index is 11.9. The summed E-state index contributed by atoms with van der Waals surface area (Å²) in [5.74, 6) is -0.288. The minimum absolute atomic E-state index is 0.0901. The second-order valence-corrected chi connectivity index (χ2v) is 11.1. The Hall–Kier alpha value is -0.360. The van der Waals surface area contributed by atoms with Gasteiger partial charge >= 0.3 is 23.5 Å². The molecule has 8 atom stereocenters. The Morgan fingerprint density at radius 1 is 1.03 bits per heavy atom. The number of carbonyl (C=O) groups excluding carboxylic acids is 1. The third-order valence-corrected chi connectivity index (χ3v) is 8.31. The van der Waals surface area contributed by atoms with Crippen LogP contribution < -0.4 is 16.0 Å². The normalized spacial score (nSPS) is 38.3. The van der Waals surface area contributed by atoms with Crippen LogP contribution in [0.1, 0.15) is 0 Å². The molecular weight excluding hydrogens is 493 g/mol. The molecule has 3 heterocycles. The van der Waals surface area contributed by atoms with E-state index in [4.69, 9.17) is 19.4 Å². The summed E-state index contributed by atoms with van der Waals surface area (Å²) in [7, 11) is -16.7. The number of ether oxygens (including phenoxy) is 1. The Bertz CT molecular complexity index is 839. The topological polar surface area (TPSA) is 266 Å². The van der Waals surface area contributed by atoms with Crippen molar-refractivity contribution < 1.29 is 66.2 Å². The molecule has 21 heteroatoms. The first-order valence-corrected chi connectivity index (χ1v) is 13.0. The van der Waals surface area contributed by atoms with E-state index in [9.17, 15) is 33.6 Å². The van der Waals surface area contributed by atoms with Crippen LogP contribution in [0.15, 0.2) is 0 Å². The van der Waals surface area contributed by atoms with Crippen molar-refractivity contribution in [2.75, 3.05) is 19.9 Å². The summed E-state index contributed by atoms with van der Waals surface area (Å²) < 4.78 is 50.8. The van der Waals surface area contributed by atoms with Crippen molar-refractivity contribution in [2.45, 2.75) is 36.7 Å². The van der Waals surface area contributed by atoms with Gasteiger partial charge in [-0.15, -0.1) is 0 Å². The largest absolute Gasteiger partial charge is 0.490 e. The fraction of sp³-hybridized carbons (Fsp3) is 0.900. The molecule has 0 aromatic heterocycles. The predicted molar refractivity (Wildman–Crippen MR) is 94.1 cm³/mol. The number of nitrogens with zero attached hydrogens (tertiary/aromatic N) is 1. The molecule has 9 N–H and O–H groups in total. The number of aliphatic hydroxyl groups excluding tert-OH is 2. The quantitative estimate of drug-likeness (QED) is 0.140. The van der Waals surface area contributed by atoms with Gasteiger partial charge in [-0.25, -0.2) is 18.6 Å². The summed E-state index contributed by atoms with van der Waals surface area (Å²) in [6, 6.07) is -0.657. The molecule has 0 aromatic rings. The Morgan fingerprint density at radius 2 is 1.71 bits per heavy atom. The van der Waals surface area contributed by atoms with Gasteiger partial charge < -0.3 is 39.8 Å². The second-order valence-electron chi connectivity index (χ2n) is 6.65. The minimum Gasteiger partial charge on any atom is -0.387 e. The van der Waals surface area contributed by atoms with E-state index in [-0.39, 0.29) is 19.2 Å². The monoisotopic (exact) mass is 514 g/mol. The van der Waals surface area contributed by atoms with Crippen LogP contribution in [0.3, 0.4) is 0 Å². The second kappa shape index (κ2) is 9.12. The number of aliphatic hydroxyl groups is 2. The van der Waals surface area contributed by atoms with E-state index in [1.165, 1.54) is 4.90 Å². The third-order valence-electron chi connectivity index (χ3n) is 4.51. The summed E-state index contributed by atoms with van der Waals surface area (Å²) in [6.45, 7) is -0.687. The molecule has 0 radical (unpaired) electrons. The summed E-state index contributed by atoms with van der Waals surface area (Å²) in [4.78, 5) is 49.0. The molecule has 0 bridgehead atoms. The molecule has 0 aliphatic carbocycles. The van der Waals surface area contributed by atoms with Gasteiger partial charge in [-0.3, -0.25) is 20.0 Å². The summed E-state index contributed by atoms with van der Waals surface area (Å²) in [5, 5.41) is 28.9. The lowest BCUT2D eigenvalue weighted by Gasteiger charge is -2.35. The van der Waals surface area contributed by atoms with Crippen molar-refractivity contribution in [3.05, 3.63) is 0 Å². The molecule has 3 rings (SSSR count). The highest BCUT2D eigenvalue weighted by Gasteiger charge is 2.52. The van der Waals surface area contributed by atoms with Crippen molar-refractivity contribution in [2.24, 2.45) is 0 Å². The van der Waals surface area contributed by atoms with E-state index in [0.29, 0.717) is 0 Å². The highest BCUT2D eigenvalue weighted by atomic mass is 31.3. The first-order valence-electron chi connectivity index (χ1n) is 8.49. The van der Waals surface area contributed by atoms with Crippen molar-refractivity contribution in [1.82, 2.24) is 20.9 Å². The van der Waals surface area contributed by atoms with Gasteiger partial charge in [0.2, 0.25) is 5.91 Å². The zero-order chi connectivity index (χ0) is 23.2. The molecule has 0 aromatic carbocycles. The summed E-state index contributed by atoms with van der Waals surface area (Å²) in [6.07, 6.45) is -6.32. The van der Waals surface area contributed by atoms with E-state index >= 15 is 0 Å². The molecule has 3 saturated heterocycles. The number of phosphoric acid groups is 3. The van der Waals surface area contributed by atoms with E-state index in [0.717, 1.165) is 0 Å². The van der Waals surface area contributed by atoms with Gasteiger partial charge in [0, 0.05) is 0 Å². The lowest BCUT2D eigenvalue weighted by molar-refractivity contribution is -0.130. The average Bonchev–Trinajstić information content (AvgIpc) is 3.13. The summed E-state index contributed by atoms with van der Waals surface area (Å²) >= 11 is 0. The number of hydrogen-bond acceptors (Lipinski definition) is 13. The smallest absolute Gasteiger partial charge is 0.387 e. The highest BCUT2D eigenvalue weighted by molar-refractivity contribution is 7.66. The first-order chi connectivity index (χ1) is 14.2. The lowest BCUT2D eigenvalue weighted by Crippen LogP contribution is -2.64. The van der Waals surface area contributed by atoms with E-state index < -0.39 is 66.8 Å². The summed E-state index contributed by atoms with van der Waals surface area (Å²) in [5.41, 5.74) is 0. The SMILES string of the molecule is O=C1NCNC2C1NCN2C1OC(COP(=O)(O)OP(=O)(O)OP(=O)(O)O)C(O)C1O. The van der Waals surface area contributed by atoms with Crippen LogP contribution in [-0.4, -0.2) is 97.3 Å². The Balaban J connectivity index is 1.59. The molecule has 3 fully saturated rings. The molecule has 3 aliphatic heterocycles. The minimum atomic E-state index is -5.69. The van der Waals surface area contributed by atoms with Gasteiger partial charge in [-0.1, -0.05) is 0 Å². The molecule has 180 valence electrons. The van der Waals surface area contributed by atoms with Gasteiger partial charge in [-0.05, 0) is 0 Å². The molecule has 0 spiro atoms. The number of nitrogens with one attached hydrogen (secondary N) is 3. The zero-order valence-corrected chi connectivity index (χ0v) is 18.0. The van der Waals surface area contributed by atoms with E-state index in [1.54, 1.807) is 0 Å². The van der Waals surface area contributed by atoms with Crippen LogP contribution in [0.2, 0.25) is 0 Å². The van der Waals surface area contributed by atoms with Crippen LogP contribution in [0.5, 0.6) is 0 Å². The van der Waals surface area contributed by atoms with Crippen LogP contribution in [0.25, 0.3) is 0 Å². The fourth-order valence-corrected chi connectivity index (χ4v) is 6.32. The van der Waals surface area contributed by atoms with Crippen molar-refractivity contribution >= 4 is 29.4 Å². The molecule has 0 saturated carbocycles. The number of rotatable bonds is 8. The Morgan fingerprint density at radius 3 is 2.35 bits per heavy atom. The molecule has 31 heavy (non-hydrogen) atoms. The lowest BCUT2D eigenvalue weighted by atomic mass is 10.1. The molecule has 1 amide bonds. The number of hydrogen-bond donors (Lipinski definition) is 9. The maximum Gasteiger partial charge on any atom is 0.490 e. The zero-order valence-electron chi connectivity index (χ0n) is 15.3. The molecule has 18 nitrogen and oxygen atoms in total.